The van der Waals surface area contributed by atoms with Gasteiger partial charge >= 0.3 is 0 Å². The fourth-order valence-electron chi connectivity index (χ4n) is 8.69. The molecular weight excluding hydrogens is 621 g/mol. The standard InChI is InChI=1S/C48H34N2O/c1-31-24-26-40-38(28-31)36-19-10-11-21-39(36)48(40)41-22-12-13-23-45(41)51-46-29-34(25-27-42(46)48)35-18-8-9-20-37(35)47-49-43(32-14-4-2-5-15-32)30-44(50-47)33-16-6-3-7-17-33/h2-6,8-10,12-16,18-20,22-27,29-31H,11,21,28H2,1H3. The summed E-state index contributed by atoms with van der Waals surface area (Å²) in [7, 11) is 0. The van der Waals surface area contributed by atoms with Crippen molar-refractivity contribution in [1.82, 2.24) is 9.97 Å². The molecule has 2 heterocycles. The van der Waals surface area contributed by atoms with Crippen LogP contribution in [0.2, 0.25) is 0 Å². The molecule has 6 aromatic rings. The van der Waals surface area contributed by atoms with Crippen LogP contribution in [-0.2, 0) is 5.41 Å². The largest absolute Gasteiger partial charge is 0.457 e. The lowest BCUT2D eigenvalue weighted by Crippen LogP contribution is -2.34. The van der Waals surface area contributed by atoms with Gasteiger partial charge in [0.05, 0.1) is 22.4 Å². The molecule has 2 atom stereocenters. The first-order valence-electron chi connectivity index (χ1n) is 17.9. The van der Waals surface area contributed by atoms with Crippen molar-refractivity contribution < 1.29 is 4.74 Å². The maximum Gasteiger partial charge on any atom is 0.161 e. The van der Waals surface area contributed by atoms with Crippen LogP contribution in [0, 0.1) is 18.1 Å². The number of para-hydroxylation sites is 1. The average Bonchev–Trinajstić information content (AvgIpc) is 3.48. The van der Waals surface area contributed by atoms with Crippen molar-refractivity contribution in [1.29, 1.82) is 0 Å². The molecule has 1 spiro atoms. The van der Waals surface area contributed by atoms with Gasteiger partial charge in [-0.1, -0.05) is 134 Å². The third kappa shape index (κ3) is 4.60. The predicted molar refractivity (Wildman–Crippen MR) is 204 cm³/mol. The van der Waals surface area contributed by atoms with Gasteiger partial charge in [-0.3, -0.25) is 0 Å². The molecule has 3 aliphatic carbocycles. The number of allylic oxidation sites excluding steroid dienone is 8. The molecule has 5 aromatic carbocycles. The highest BCUT2D eigenvalue weighted by Gasteiger charge is 2.53. The zero-order valence-corrected chi connectivity index (χ0v) is 28.4. The maximum atomic E-state index is 6.88. The van der Waals surface area contributed by atoms with Crippen LogP contribution >= 0.6 is 0 Å². The molecule has 51 heavy (non-hydrogen) atoms. The smallest absolute Gasteiger partial charge is 0.161 e. The van der Waals surface area contributed by atoms with Crippen molar-refractivity contribution in [2.24, 2.45) is 5.92 Å². The molecular formula is C48H34N2O. The monoisotopic (exact) mass is 654 g/mol. The van der Waals surface area contributed by atoms with E-state index in [4.69, 9.17) is 14.7 Å². The van der Waals surface area contributed by atoms with Gasteiger partial charge < -0.3 is 4.74 Å². The third-order valence-electron chi connectivity index (χ3n) is 10.9. The van der Waals surface area contributed by atoms with Crippen molar-refractivity contribution in [3.63, 3.8) is 0 Å². The summed E-state index contributed by atoms with van der Waals surface area (Å²) in [5, 5.41) is 0. The third-order valence-corrected chi connectivity index (χ3v) is 10.9. The van der Waals surface area contributed by atoms with Gasteiger partial charge in [-0.25, -0.2) is 9.97 Å². The van der Waals surface area contributed by atoms with E-state index in [9.17, 15) is 0 Å². The van der Waals surface area contributed by atoms with Gasteiger partial charge in [0, 0.05) is 22.3 Å². The number of nitrogens with zero attached hydrogens (tertiary/aromatic N) is 2. The quantitative estimate of drug-likeness (QED) is 0.190. The Bertz CT molecular complexity index is 2430. The van der Waals surface area contributed by atoms with Crippen LogP contribution in [-0.4, -0.2) is 9.97 Å². The Balaban J connectivity index is 1.16. The second kappa shape index (κ2) is 11.7. The maximum absolute atomic E-state index is 6.88. The van der Waals surface area contributed by atoms with Gasteiger partial charge in [0.25, 0.3) is 0 Å². The highest BCUT2D eigenvalue weighted by Crippen LogP contribution is 2.64. The van der Waals surface area contributed by atoms with Gasteiger partial charge in [-0.15, -0.1) is 0 Å². The number of fused-ring (bicyclic) bond motifs is 7. The van der Waals surface area contributed by atoms with Crippen LogP contribution in [0.25, 0.3) is 45.0 Å². The lowest BCUT2D eigenvalue weighted by atomic mass is 9.62. The summed E-state index contributed by atoms with van der Waals surface area (Å²) in [5.41, 5.74) is 14.6. The Morgan fingerprint density at radius 3 is 2.41 bits per heavy atom. The number of ether oxygens (including phenoxy) is 1. The molecule has 1 aromatic heterocycles. The molecule has 0 saturated carbocycles. The molecule has 10 rings (SSSR count). The van der Waals surface area contributed by atoms with Crippen molar-refractivity contribution in [3.8, 4) is 56.5 Å². The van der Waals surface area contributed by atoms with Gasteiger partial charge in [0.2, 0.25) is 0 Å². The summed E-state index contributed by atoms with van der Waals surface area (Å²) >= 11 is 0. The molecule has 0 fully saturated rings. The second-order valence-corrected chi connectivity index (χ2v) is 13.9. The number of aromatic nitrogens is 2. The highest BCUT2D eigenvalue weighted by atomic mass is 16.5. The average molecular weight is 655 g/mol. The molecule has 4 aliphatic rings. The Kier molecular flexibility index (Phi) is 6.79. The van der Waals surface area contributed by atoms with Crippen LogP contribution in [0.15, 0.2) is 168 Å². The number of rotatable bonds is 4. The summed E-state index contributed by atoms with van der Waals surface area (Å²) in [6.45, 7) is 2.33. The van der Waals surface area contributed by atoms with Gasteiger partial charge in [0.1, 0.15) is 11.5 Å². The molecule has 242 valence electrons. The zero-order valence-electron chi connectivity index (χ0n) is 28.4. The second-order valence-electron chi connectivity index (χ2n) is 13.9. The summed E-state index contributed by atoms with van der Waals surface area (Å²) in [5.74, 6) is 3.00. The molecule has 0 bridgehead atoms. The minimum atomic E-state index is -0.375. The first-order valence-corrected chi connectivity index (χ1v) is 17.9. The minimum absolute atomic E-state index is 0.375. The Labute approximate surface area is 299 Å². The predicted octanol–water partition coefficient (Wildman–Crippen LogP) is 11.7. The minimum Gasteiger partial charge on any atom is -0.457 e. The van der Waals surface area contributed by atoms with Crippen molar-refractivity contribution in [2.45, 2.75) is 31.6 Å². The highest BCUT2D eigenvalue weighted by molar-refractivity contribution is 5.85. The van der Waals surface area contributed by atoms with Gasteiger partial charge in [-0.05, 0) is 88.9 Å². The van der Waals surface area contributed by atoms with Gasteiger partial charge in [0.15, 0.2) is 5.82 Å². The van der Waals surface area contributed by atoms with Crippen LogP contribution in [0.3, 0.4) is 0 Å². The fraction of sp³-hybridized carbons (Fsp3) is 0.125. The molecule has 0 amide bonds. The topological polar surface area (TPSA) is 35.0 Å². The lowest BCUT2D eigenvalue weighted by Gasteiger charge is -2.42. The van der Waals surface area contributed by atoms with E-state index in [1.54, 1.807) is 0 Å². The molecule has 3 nitrogen and oxygen atoms in total. The van der Waals surface area contributed by atoms with Gasteiger partial charge in [-0.2, -0.15) is 0 Å². The van der Waals surface area contributed by atoms with Crippen molar-refractivity contribution in [3.05, 3.63) is 191 Å². The van der Waals surface area contributed by atoms with Crippen LogP contribution in [0.5, 0.6) is 11.5 Å². The molecule has 3 heteroatoms. The van der Waals surface area contributed by atoms with Crippen LogP contribution in [0.4, 0.5) is 0 Å². The zero-order chi connectivity index (χ0) is 33.9. The van der Waals surface area contributed by atoms with E-state index < -0.39 is 0 Å². The normalized spacial score (nSPS) is 19.6. The van der Waals surface area contributed by atoms with Crippen molar-refractivity contribution in [2.75, 3.05) is 0 Å². The Hall–Kier alpha value is -6.24. The molecule has 0 N–H and O–H groups in total. The van der Waals surface area contributed by atoms with Crippen molar-refractivity contribution >= 4 is 0 Å². The Morgan fingerprint density at radius 2 is 1.53 bits per heavy atom. The van der Waals surface area contributed by atoms with E-state index in [0.29, 0.717) is 11.7 Å². The number of hydrogen-bond acceptors (Lipinski definition) is 3. The number of hydrogen-bond donors (Lipinski definition) is 0. The first kappa shape index (κ1) is 29.7. The Morgan fingerprint density at radius 1 is 0.725 bits per heavy atom. The SMILES string of the molecule is CC1C=CC2=C(C1)C1=C(CCC=C1)C21c2ccccc2Oc2cc(-c3ccccc3-c3nc(-c4c#cccc4)cc(-c4ccccc4)n3)ccc21. The van der Waals surface area contributed by atoms with E-state index in [2.05, 4.69) is 122 Å². The van der Waals surface area contributed by atoms with E-state index in [1.807, 2.05) is 42.5 Å². The molecule has 0 radical (unpaired) electrons. The van der Waals surface area contributed by atoms with E-state index >= 15 is 0 Å². The summed E-state index contributed by atoms with van der Waals surface area (Å²) in [6.07, 6.45) is 12.7. The van der Waals surface area contributed by atoms with Crippen LogP contribution < -0.4 is 4.74 Å². The molecule has 1 aliphatic heterocycles. The summed E-state index contributed by atoms with van der Waals surface area (Å²) in [4.78, 5) is 10.3. The summed E-state index contributed by atoms with van der Waals surface area (Å²) in [6, 6.07) is 48.5. The van der Waals surface area contributed by atoms with E-state index in [-0.39, 0.29) is 5.41 Å². The molecule has 0 saturated heterocycles. The lowest BCUT2D eigenvalue weighted by molar-refractivity contribution is 0.430. The van der Waals surface area contributed by atoms with Crippen LogP contribution in [0.1, 0.15) is 37.3 Å². The van der Waals surface area contributed by atoms with E-state index in [0.717, 1.165) is 70.0 Å². The fourth-order valence-corrected chi connectivity index (χ4v) is 8.69. The first-order chi connectivity index (χ1) is 25.2. The molecule has 2 unspecified atom stereocenters. The number of benzene rings is 4. The van der Waals surface area contributed by atoms with E-state index in [1.165, 1.54) is 33.4 Å². The summed E-state index contributed by atoms with van der Waals surface area (Å²) < 4.78 is 6.88.